The van der Waals surface area contributed by atoms with Crippen LogP contribution in [0.25, 0.3) is 10.9 Å². The van der Waals surface area contributed by atoms with Gasteiger partial charge in [0.25, 0.3) is 5.91 Å². The lowest BCUT2D eigenvalue weighted by Gasteiger charge is -2.21. The Kier molecular flexibility index (Phi) is 5.80. The van der Waals surface area contributed by atoms with Gasteiger partial charge in [-0.25, -0.2) is 0 Å². The highest BCUT2D eigenvalue weighted by molar-refractivity contribution is 9.10. The lowest BCUT2D eigenvalue weighted by Crippen LogP contribution is -2.50. The van der Waals surface area contributed by atoms with Gasteiger partial charge in [0.15, 0.2) is 11.8 Å². The number of thioether (sulfide) groups is 1. The number of rotatable bonds is 6. The number of pyridine rings is 1. The normalized spacial score (nSPS) is 14.2. The Balaban J connectivity index is 2.19. The highest BCUT2D eigenvalue weighted by Crippen LogP contribution is 2.24. The van der Waals surface area contributed by atoms with Crippen molar-refractivity contribution in [3.05, 3.63) is 34.9 Å². The van der Waals surface area contributed by atoms with Crippen molar-refractivity contribution in [3.8, 4) is 11.8 Å². The minimum Gasteiger partial charge on any atom is -0.470 e. The summed E-state index contributed by atoms with van der Waals surface area (Å²) in [5.41, 5.74) is -1.67. The van der Waals surface area contributed by atoms with Crippen molar-refractivity contribution < 1.29 is 14.3 Å². The summed E-state index contributed by atoms with van der Waals surface area (Å²) in [5.74, 6) is -0.0622. The molecule has 0 bridgehead atoms. The SMILES string of the molecule is CSC(Oc1ccc2ncc(Br)cc2c1)C(=O)NC(C)(C#N)C=O. The standard InChI is InChI=1S/C16H14BrN3O3S/c1-16(8-18,9-21)20-14(22)15(24-2)23-12-3-4-13-10(6-12)5-11(17)7-19-13/h3-7,9,15H,1-2H3,(H,20,22). The average Bonchev–Trinajstić information content (AvgIpc) is 2.58. The number of carbonyl (C=O) groups excluding carboxylic acids is 2. The molecular weight excluding hydrogens is 394 g/mol. The van der Waals surface area contributed by atoms with Crippen LogP contribution in [0.2, 0.25) is 0 Å². The van der Waals surface area contributed by atoms with Gasteiger partial charge >= 0.3 is 0 Å². The number of hydrogen-bond donors (Lipinski definition) is 1. The number of ether oxygens (including phenoxy) is 1. The van der Waals surface area contributed by atoms with Gasteiger partial charge in [0, 0.05) is 16.1 Å². The molecule has 0 aliphatic carbocycles. The molecule has 0 fully saturated rings. The first-order chi connectivity index (χ1) is 11.4. The second-order valence-corrected chi connectivity index (χ2v) is 6.93. The van der Waals surface area contributed by atoms with Crippen molar-refractivity contribution in [1.29, 1.82) is 5.26 Å². The van der Waals surface area contributed by atoms with Crippen LogP contribution in [-0.2, 0) is 9.59 Å². The Morgan fingerprint density at radius 2 is 2.29 bits per heavy atom. The largest absolute Gasteiger partial charge is 0.470 e. The zero-order valence-electron chi connectivity index (χ0n) is 12.9. The number of benzene rings is 1. The van der Waals surface area contributed by atoms with Crippen molar-refractivity contribution in [2.75, 3.05) is 6.26 Å². The zero-order valence-corrected chi connectivity index (χ0v) is 15.3. The number of carbonyl (C=O) groups is 2. The van der Waals surface area contributed by atoms with E-state index >= 15 is 0 Å². The molecule has 1 N–H and O–H groups in total. The summed E-state index contributed by atoms with van der Waals surface area (Å²) in [4.78, 5) is 27.5. The van der Waals surface area contributed by atoms with Crippen LogP contribution in [0.3, 0.4) is 0 Å². The molecule has 0 spiro atoms. The van der Waals surface area contributed by atoms with E-state index in [0.717, 1.165) is 27.1 Å². The second-order valence-electron chi connectivity index (χ2n) is 5.11. The van der Waals surface area contributed by atoms with Gasteiger partial charge < -0.3 is 10.1 Å². The maximum atomic E-state index is 12.2. The fourth-order valence-electron chi connectivity index (χ4n) is 1.89. The smallest absolute Gasteiger partial charge is 0.273 e. The van der Waals surface area contributed by atoms with Crippen LogP contribution in [0.15, 0.2) is 34.9 Å². The molecule has 124 valence electrons. The Morgan fingerprint density at radius 3 is 2.92 bits per heavy atom. The molecule has 1 heterocycles. The van der Waals surface area contributed by atoms with Gasteiger partial charge in [-0.05, 0) is 53.4 Å². The molecule has 0 radical (unpaired) electrons. The Bertz CT molecular complexity index is 824. The Labute approximate surface area is 151 Å². The van der Waals surface area contributed by atoms with E-state index in [4.69, 9.17) is 10.00 Å². The maximum absolute atomic E-state index is 12.2. The van der Waals surface area contributed by atoms with Crippen LogP contribution in [-0.4, -0.2) is 34.4 Å². The molecule has 1 aromatic heterocycles. The molecule has 8 heteroatoms. The number of fused-ring (bicyclic) bond motifs is 1. The number of hydrogen-bond acceptors (Lipinski definition) is 6. The van der Waals surface area contributed by atoms with E-state index in [1.165, 1.54) is 6.92 Å². The summed E-state index contributed by atoms with van der Waals surface area (Å²) < 4.78 is 6.53. The number of amides is 1. The Hall–Kier alpha value is -2.11. The summed E-state index contributed by atoms with van der Waals surface area (Å²) in [6.07, 6.45) is 3.79. The fraction of sp³-hybridized carbons (Fsp3) is 0.250. The first-order valence-electron chi connectivity index (χ1n) is 6.85. The lowest BCUT2D eigenvalue weighted by atomic mass is 10.1. The van der Waals surface area contributed by atoms with Gasteiger partial charge in [0.1, 0.15) is 5.75 Å². The summed E-state index contributed by atoms with van der Waals surface area (Å²) in [6.45, 7) is 1.33. The molecule has 0 saturated carbocycles. The van der Waals surface area contributed by atoms with Gasteiger partial charge in [0.05, 0.1) is 11.6 Å². The van der Waals surface area contributed by atoms with Crippen LogP contribution < -0.4 is 10.1 Å². The van der Waals surface area contributed by atoms with E-state index in [1.807, 2.05) is 6.07 Å². The molecule has 1 aromatic carbocycles. The number of halogens is 1. The molecule has 0 saturated heterocycles. The molecule has 0 aliphatic rings. The molecule has 2 rings (SSSR count). The van der Waals surface area contributed by atoms with Crippen molar-refractivity contribution in [3.63, 3.8) is 0 Å². The van der Waals surface area contributed by atoms with Crippen LogP contribution in [0.1, 0.15) is 6.92 Å². The topological polar surface area (TPSA) is 92.1 Å². The fourth-order valence-corrected chi connectivity index (χ4v) is 2.72. The van der Waals surface area contributed by atoms with Crippen molar-refractivity contribution in [1.82, 2.24) is 10.3 Å². The third kappa shape index (κ3) is 4.24. The number of aldehydes is 1. The van der Waals surface area contributed by atoms with E-state index in [-0.39, 0.29) is 0 Å². The summed E-state index contributed by atoms with van der Waals surface area (Å²) in [6, 6.07) is 8.92. The molecule has 2 aromatic rings. The molecule has 24 heavy (non-hydrogen) atoms. The lowest BCUT2D eigenvalue weighted by molar-refractivity contribution is -0.127. The van der Waals surface area contributed by atoms with Crippen molar-refractivity contribution in [2.45, 2.75) is 17.9 Å². The summed E-state index contributed by atoms with van der Waals surface area (Å²) >= 11 is 4.52. The second kappa shape index (κ2) is 7.64. The van der Waals surface area contributed by atoms with E-state index in [1.54, 1.807) is 36.7 Å². The minimum atomic E-state index is -1.58. The molecule has 6 nitrogen and oxygen atoms in total. The number of nitrogens with zero attached hydrogens (tertiary/aromatic N) is 2. The number of nitrogens with one attached hydrogen (secondary N) is 1. The van der Waals surface area contributed by atoms with E-state index < -0.39 is 16.9 Å². The average molecular weight is 408 g/mol. The van der Waals surface area contributed by atoms with Crippen LogP contribution in [0.4, 0.5) is 0 Å². The van der Waals surface area contributed by atoms with Gasteiger partial charge in [-0.2, -0.15) is 5.26 Å². The van der Waals surface area contributed by atoms with E-state index in [0.29, 0.717) is 12.0 Å². The van der Waals surface area contributed by atoms with Crippen molar-refractivity contribution >= 4 is 50.8 Å². The summed E-state index contributed by atoms with van der Waals surface area (Å²) in [7, 11) is 0. The molecule has 0 aliphatic heterocycles. The van der Waals surface area contributed by atoms with Gasteiger partial charge in [-0.1, -0.05) is 0 Å². The van der Waals surface area contributed by atoms with Gasteiger partial charge in [0.2, 0.25) is 5.44 Å². The minimum absolute atomic E-state index is 0.390. The van der Waals surface area contributed by atoms with Crippen LogP contribution in [0, 0.1) is 11.3 Å². The zero-order chi connectivity index (χ0) is 17.7. The first kappa shape index (κ1) is 18.2. The molecular formula is C16H14BrN3O3S. The van der Waals surface area contributed by atoms with Crippen LogP contribution >= 0.6 is 27.7 Å². The number of nitriles is 1. The highest BCUT2D eigenvalue weighted by Gasteiger charge is 2.30. The van der Waals surface area contributed by atoms with E-state index in [2.05, 4.69) is 26.2 Å². The Morgan fingerprint density at radius 1 is 1.54 bits per heavy atom. The maximum Gasteiger partial charge on any atom is 0.273 e. The van der Waals surface area contributed by atoms with Crippen molar-refractivity contribution in [2.24, 2.45) is 0 Å². The predicted octanol–water partition coefficient (Wildman–Crippen LogP) is 2.66. The monoisotopic (exact) mass is 407 g/mol. The third-order valence-electron chi connectivity index (χ3n) is 3.14. The van der Waals surface area contributed by atoms with Crippen LogP contribution in [0.5, 0.6) is 5.75 Å². The quantitative estimate of drug-likeness (QED) is 0.584. The number of aromatic nitrogens is 1. The first-order valence-corrected chi connectivity index (χ1v) is 8.93. The van der Waals surface area contributed by atoms with Gasteiger partial charge in [-0.3, -0.25) is 14.6 Å². The molecule has 2 atom stereocenters. The molecule has 1 amide bonds. The summed E-state index contributed by atoms with van der Waals surface area (Å²) in [5, 5.41) is 12.2. The van der Waals surface area contributed by atoms with E-state index in [9.17, 15) is 9.59 Å². The third-order valence-corrected chi connectivity index (χ3v) is 4.31. The van der Waals surface area contributed by atoms with Gasteiger partial charge in [-0.15, -0.1) is 11.8 Å². The predicted molar refractivity (Wildman–Crippen MR) is 95.6 cm³/mol. The highest BCUT2D eigenvalue weighted by atomic mass is 79.9. The molecule has 2 unspecified atom stereocenters.